The molecule has 0 fully saturated rings. The monoisotopic (exact) mass is 627 g/mol. The molecule has 3 nitrogen and oxygen atoms in total. The minimum atomic E-state index is -3.05. The second-order valence-corrected chi connectivity index (χ2v) is 15.7. The van der Waals surface area contributed by atoms with E-state index in [1.54, 1.807) is 0 Å². The second kappa shape index (κ2) is 12.0. The Morgan fingerprint density at radius 2 is 0.938 bits per heavy atom. The molecule has 0 N–H and O–H groups in total. The number of nitrogens with zero attached hydrogens (tertiary/aromatic N) is 3. The van der Waals surface area contributed by atoms with Crippen LogP contribution in [-0.2, 0) is 0 Å². The van der Waals surface area contributed by atoms with E-state index in [-0.39, 0.29) is 0 Å². The van der Waals surface area contributed by atoms with Crippen molar-refractivity contribution in [2.24, 2.45) is 0 Å². The van der Waals surface area contributed by atoms with Crippen molar-refractivity contribution in [3.05, 3.63) is 187 Å². The van der Waals surface area contributed by atoms with Crippen LogP contribution in [0.25, 0.3) is 38.6 Å². The van der Waals surface area contributed by atoms with Crippen molar-refractivity contribution in [1.29, 1.82) is 10.5 Å². The smallest absolute Gasteiger partial charge is 0.180 e. The Bertz CT molecular complexity index is 2370. The number of hydrogen-bond donors (Lipinski definition) is 0. The number of aromatic nitrogens is 1. The van der Waals surface area contributed by atoms with Gasteiger partial charge in [-0.1, -0.05) is 133 Å². The van der Waals surface area contributed by atoms with Crippen LogP contribution in [0, 0.1) is 22.7 Å². The van der Waals surface area contributed by atoms with Gasteiger partial charge < -0.3 is 4.57 Å². The van der Waals surface area contributed by atoms with Gasteiger partial charge in [-0.05, 0) is 68.8 Å². The molecule has 0 spiro atoms. The van der Waals surface area contributed by atoms with Crippen molar-refractivity contribution >= 4 is 50.6 Å². The van der Waals surface area contributed by atoms with Crippen LogP contribution >= 0.6 is 0 Å². The summed E-state index contributed by atoms with van der Waals surface area (Å²) in [7, 11) is -3.05. The molecule has 0 aliphatic carbocycles. The van der Waals surface area contributed by atoms with E-state index in [0.29, 0.717) is 11.1 Å². The Hall–Kier alpha value is -6.46. The Morgan fingerprint density at radius 1 is 0.438 bits per heavy atom. The minimum Gasteiger partial charge on any atom is -0.309 e. The number of nitriles is 2. The highest BCUT2D eigenvalue weighted by Gasteiger charge is 2.43. The lowest BCUT2D eigenvalue weighted by Crippen LogP contribution is -2.75. The molecule has 48 heavy (non-hydrogen) atoms. The summed E-state index contributed by atoms with van der Waals surface area (Å²) in [4.78, 5) is 0. The highest BCUT2D eigenvalue weighted by Crippen LogP contribution is 2.34. The summed E-state index contributed by atoms with van der Waals surface area (Å²) in [5.74, 6) is 0. The van der Waals surface area contributed by atoms with Crippen LogP contribution in [0.3, 0.4) is 0 Å². The molecule has 8 rings (SSSR count). The zero-order chi connectivity index (χ0) is 32.5. The zero-order valence-corrected chi connectivity index (χ0v) is 27.1. The predicted octanol–water partition coefficient (Wildman–Crippen LogP) is 7.57. The molecule has 4 heteroatoms. The highest BCUT2D eigenvalue weighted by molar-refractivity contribution is 7.20. The topological polar surface area (TPSA) is 52.5 Å². The molecule has 0 atom stereocenters. The van der Waals surface area contributed by atoms with Gasteiger partial charge in [0, 0.05) is 22.0 Å². The van der Waals surface area contributed by atoms with Gasteiger partial charge in [-0.2, -0.15) is 10.5 Å². The summed E-state index contributed by atoms with van der Waals surface area (Å²) in [6.07, 6.45) is 0. The van der Waals surface area contributed by atoms with Gasteiger partial charge >= 0.3 is 0 Å². The summed E-state index contributed by atoms with van der Waals surface area (Å²) >= 11 is 0. The first-order valence-electron chi connectivity index (χ1n) is 16.0. The lowest BCUT2D eigenvalue weighted by atomic mass is 9.98. The molecule has 0 saturated heterocycles. The average molecular weight is 628 g/mol. The van der Waals surface area contributed by atoms with Crippen molar-refractivity contribution < 1.29 is 0 Å². The maximum atomic E-state index is 10.6. The third-order valence-electron chi connectivity index (χ3n) is 9.43. The standard InChI is InChI=1S/C44H29N3Si/c45-30-32-24-27-40(41-29-34(26-25-33(41)31-46)47-42-22-12-10-20-38(42)39-21-11-13-23-43(39)47)44(28-32)48(35-14-4-1-5-15-35,36-16-6-2-7-17-36)37-18-8-3-9-19-37/h1-29H. The van der Waals surface area contributed by atoms with E-state index in [9.17, 15) is 10.5 Å². The molecule has 7 aromatic carbocycles. The highest BCUT2D eigenvalue weighted by atomic mass is 28.3. The predicted molar refractivity (Wildman–Crippen MR) is 199 cm³/mol. The number of benzene rings is 7. The molecule has 0 unspecified atom stereocenters. The Kier molecular flexibility index (Phi) is 7.27. The van der Waals surface area contributed by atoms with E-state index < -0.39 is 8.07 Å². The van der Waals surface area contributed by atoms with Crippen molar-refractivity contribution in [2.75, 3.05) is 0 Å². The SMILES string of the molecule is N#Cc1ccc(-c2cc(-n3c4ccccc4c4ccccc43)ccc2C#N)c([Si](c2ccccc2)(c2ccccc2)c2ccccc2)c1. The van der Waals surface area contributed by atoms with Crippen LogP contribution < -0.4 is 20.7 Å². The van der Waals surface area contributed by atoms with Crippen LogP contribution in [0.5, 0.6) is 0 Å². The summed E-state index contributed by atoms with van der Waals surface area (Å²) in [5.41, 5.74) is 6.16. The molecule has 224 valence electrons. The summed E-state index contributed by atoms with van der Waals surface area (Å²) in [6.45, 7) is 0. The van der Waals surface area contributed by atoms with Crippen LogP contribution in [-0.4, -0.2) is 12.6 Å². The molecular formula is C44H29N3Si. The van der Waals surface area contributed by atoms with Crippen molar-refractivity contribution in [1.82, 2.24) is 4.57 Å². The Morgan fingerprint density at radius 3 is 1.44 bits per heavy atom. The number of rotatable bonds is 6. The Labute approximate surface area is 280 Å². The van der Waals surface area contributed by atoms with Crippen LogP contribution in [0.4, 0.5) is 0 Å². The number of fused-ring (bicyclic) bond motifs is 3. The van der Waals surface area contributed by atoms with Crippen molar-refractivity contribution in [2.45, 2.75) is 0 Å². The minimum absolute atomic E-state index is 0.586. The second-order valence-electron chi connectivity index (χ2n) is 11.9. The van der Waals surface area contributed by atoms with Gasteiger partial charge in [-0.15, -0.1) is 0 Å². The maximum absolute atomic E-state index is 10.6. The van der Waals surface area contributed by atoms with Crippen LogP contribution in [0.1, 0.15) is 11.1 Å². The molecule has 0 bridgehead atoms. The van der Waals surface area contributed by atoms with Gasteiger partial charge in [-0.3, -0.25) is 0 Å². The fourth-order valence-corrected chi connectivity index (χ4v) is 12.4. The molecule has 1 aromatic heterocycles. The zero-order valence-electron chi connectivity index (χ0n) is 26.1. The molecule has 0 amide bonds. The number of para-hydroxylation sites is 2. The van der Waals surface area contributed by atoms with Gasteiger partial charge in [0.25, 0.3) is 0 Å². The third-order valence-corrected chi connectivity index (χ3v) is 14.2. The fourth-order valence-electron chi connectivity index (χ4n) is 7.38. The van der Waals surface area contributed by atoms with Gasteiger partial charge in [-0.25, -0.2) is 0 Å². The first kappa shape index (κ1) is 29.0. The molecule has 0 aliphatic heterocycles. The van der Waals surface area contributed by atoms with Gasteiger partial charge in [0.05, 0.1) is 34.3 Å². The van der Waals surface area contributed by atoms with Crippen LogP contribution in [0.15, 0.2) is 176 Å². The first-order valence-corrected chi connectivity index (χ1v) is 18.0. The quantitative estimate of drug-likeness (QED) is 0.141. The molecular weight excluding hydrogens is 599 g/mol. The lowest BCUT2D eigenvalue weighted by molar-refractivity contribution is 1.18. The van der Waals surface area contributed by atoms with Gasteiger partial charge in [0.2, 0.25) is 0 Å². The number of hydrogen-bond acceptors (Lipinski definition) is 2. The van der Waals surface area contributed by atoms with Crippen molar-refractivity contribution in [3.8, 4) is 29.0 Å². The maximum Gasteiger partial charge on any atom is 0.180 e. The third kappa shape index (κ3) is 4.55. The summed E-state index contributed by atoms with van der Waals surface area (Å²) in [6, 6.07) is 66.0. The average Bonchev–Trinajstić information content (AvgIpc) is 3.50. The summed E-state index contributed by atoms with van der Waals surface area (Å²) < 4.78 is 2.29. The lowest BCUT2D eigenvalue weighted by Gasteiger charge is -2.36. The van der Waals surface area contributed by atoms with Gasteiger partial charge in [0.15, 0.2) is 8.07 Å². The largest absolute Gasteiger partial charge is 0.309 e. The molecule has 1 heterocycles. The molecule has 0 aliphatic rings. The fraction of sp³-hybridized carbons (Fsp3) is 0. The van der Waals surface area contributed by atoms with E-state index in [0.717, 1.165) is 33.0 Å². The van der Waals surface area contributed by atoms with Crippen LogP contribution in [0.2, 0.25) is 0 Å². The van der Waals surface area contributed by atoms with E-state index in [1.807, 2.05) is 36.4 Å². The Balaban J connectivity index is 1.50. The molecule has 0 radical (unpaired) electrons. The summed E-state index contributed by atoms with van der Waals surface area (Å²) in [5, 5.41) is 27.9. The molecule has 8 aromatic rings. The van der Waals surface area contributed by atoms with E-state index in [2.05, 4.69) is 156 Å². The first-order chi connectivity index (χ1) is 23.7. The van der Waals surface area contributed by atoms with E-state index in [1.165, 1.54) is 26.3 Å². The van der Waals surface area contributed by atoms with E-state index >= 15 is 0 Å². The normalized spacial score (nSPS) is 11.3. The van der Waals surface area contributed by atoms with E-state index in [4.69, 9.17) is 0 Å². The van der Waals surface area contributed by atoms with Gasteiger partial charge in [0.1, 0.15) is 0 Å². The molecule has 0 saturated carbocycles. The van der Waals surface area contributed by atoms with Crippen molar-refractivity contribution in [3.63, 3.8) is 0 Å².